The molecule has 108 valence electrons. The van der Waals surface area contributed by atoms with Gasteiger partial charge < -0.3 is 16.4 Å². The molecule has 5 nitrogen and oxygen atoms in total. The third-order valence-corrected chi connectivity index (χ3v) is 3.30. The highest BCUT2D eigenvalue weighted by Gasteiger charge is 2.29. The van der Waals surface area contributed by atoms with Crippen molar-refractivity contribution in [1.82, 2.24) is 5.32 Å². The van der Waals surface area contributed by atoms with Crippen molar-refractivity contribution < 1.29 is 9.59 Å². The largest absolute Gasteiger partial charge is 0.346 e. The number of hydrogen-bond acceptors (Lipinski definition) is 3. The fourth-order valence-electron chi connectivity index (χ4n) is 1.76. The maximum absolute atomic E-state index is 12.1. The van der Waals surface area contributed by atoms with Crippen molar-refractivity contribution in [3.8, 4) is 0 Å². The van der Waals surface area contributed by atoms with Crippen LogP contribution in [0.4, 0.5) is 5.69 Å². The molecule has 0 bridgehead atoms. The van der Waals surface area contributed by atoms with Crippen LogP contribution in [0.25, 0.3) is 0 Å². The van der Waals surface area contributed by atoms with Gasteiger partial charge in [-0.15, -0.1) is 0 Å². The first kappa shape index (κ1) is 14.5. The number of carbonyl (C=O) groups excluding carboxylic acids is 2. The van der Waals surface area contributed by atoms with Crippen molar-refractivity contribution in [3.63, 3.8) is 0 Å². The zero-order valence-corrected chi connectivity index (χ0v) is 11.9. The first-order valence-corrected chi connectivity index (χ1v) is 6.85. The summed E-state index contributed by atoms with van der Waals surface area (Å²) in [5, 5.41) is 5.69. The molecule has 1 aromatic carbocycles. The molecule has 4 N–H and O–H groups in total. The van der Waals surface area contributed by atoms with Gasteiger partial charge in [-0.25, -0.2) is 0 Å². The van der Waals surface area contributed by atoms with E-state index in [-0.39, 0.29) is 17.7 Å². The molecule has 0 radical (unpaired) electrons. The van der Waals surface area contributed by atoms with Crippen LogP contribution in [0.3, 0.4) is 0 Å². The molecule has 1 fully saturated rings. The Kier molecular flexibility index (Phi) is 4.09. The lowest BCUT2D eigenvalue weighted by atomic mass is 10.0. The van der Waals surface area contributed by atoms with Crippen LogP contribution < -0.4 is 16.4 Å². The standard InChI is InChI=1S/C15H21N3O2/c1-15(2,9-16)18-14(20)11-4-3-5-12(8-11)17-13(19)10-6-7-10/h3-5,8,10H,6-7,9,16H2,1-2H3,(H,17,19)(H,18,20). The van der Waals surface area contributed by atoms with E-state index in [1.165, 1.54) is 0 Å². The minimum absolute atomic E-state index is 0.0323. The van der Waals surface area contributed by atoms with E-state index in [0.29, 0.717) is 17.8 Å². The number of anilines is 1. The second-order valence-electron chi connectivity index (χ2n) is 5.89. The minimum atomic E-state index is -0.454. The van der Waals surface area contributed by atoms with Gasteiger partial charge in [0.1, 0.15) is 0 Å². The smallest absolute Gasteiger partial charge is 0.251 e. The Morgan fingerprint density at radius 3 is 2.65 bits per heavy atom. The summed E-state index contributed by atoms with van der Waals surface area (Å²) in [7, 11) is 0. The molecule has 0 atom stereocenters. The molecule has 1 aliphatic rings. The summed E-state index contributed by atoms with van der Waals surface area (Å²) in [6.07, 6.45) is 1.91. The number of nitrogens with two attached hydrogens (primary N) is 1. The lowest BCUT2D eigenvalue weighted by Gasteiger charge is -2.24. The van der Waals surface area contributed by atoms with E-state index >= 15 is 0 Å². The van der Waals surface area contributed by atoms with E-state index in [9.17, 15) is 9.59 Å². The predicted molar refractivity (Wildman–Crippen MR) is 78.4 cm³/mol. The number of rotatable bonds is 5. The van der Waals surface area contributed by atoms with Crippen molar-refractivity contribution in [2.45, 2.75) is 32.2 Å². The van der Waals surface area contributed by atoms with Crippen molar-refractivity contribution in [1.29, 1.82) is 0 Å². The molecule has 0 aliphatic heterocycles. The molecule has 1 saturated carbocycles. The Morgan fingerprint density at radius 1 is 1.35 bits per heavy atom. The lowest BCUT2D eigenvalue weighted by Crippen LogP contribution is -2.48. The predicted octanol–water partition coefficient (Wildman–Crippen LogP) is 1.50. The fraction of sp³-hybridized carbons (Fsp3) is 0.467. The van der Waals surface area contributed by atoms with Crippen LogP contribution in [0, 0.1) is 5.92 Å². The van der Waals surface area contributed by atoms with Crippen LogP contribution in [0.2, 0.25) is 0 Å². The zero-order valence-electron chi connectivity index (χ0n) is 11.9. The SMILES string of the molecule is CC(C)(CN)NC(=O)c1cccc(NC(=O)C2CC2)c1. The van der Waals surface area contributed by atoms with Gasteiger partial charge in [0.2, 0.25) is 5.91 Å². The highest BCUT2D eigenvalue weighted by molar-refractivity contribution is 5.98. The van der Waals surface area contributed by atoms with Crippen LogP contribution in [-0.4, -0.2) is 23.9 Å². The van der Waals surface area contributed by atoms with Gasteiger partial charge in [0.25, 0.3) is 5.91 Å². The molecule has 2 rings (SSSR count). The van der Waals surface area contributed by atoms with Crippen molar-refractivity contribution in [2.75, 3.05) is 11.9 Å². The monoisotopic (exact) mass is 275 g/mol. The molecule has 0 unspecified atom stereocenters. The summed E-state index contributed by atoms with van der Waals surface area (Å²) in [6, 6.07) is 6.94. The van der Waals surface area contributed by atoms with E-state index in [1.807, 2.05) is 13.8 Å². The average molecular weight is 275 g/mol. The van der Waals surface area contributed by atoms with E-state index in [4.69, 9.17) is 5.73 Å². The quantitative estimate of drug-likeness (QED) is 0.761. The second kappa shape index (κ2) is 5.63. The fourth-order valence-corrected chi connectivity index (χ4v) is 1.76. The Balaban J connectivity index is 2.04. The number of carbonyl (C=O) groups is 2. The van der Waals surface area contributed by atoms with Gasteiger partial charge in [-0.05, 0) is 44.9 Å². The van der Waals surface area contributed by atoms with Gasteiger partial charge in [-0.1, -0.05) is 6.07 Å². The van der Waals surface area contributed by atoms with E-state index < -0.39 is 5.54 Å². The first-order valence-electron chi connectivity index (χ1n) is 6.85. The van der Waals surface area contributed by atoms with Gasteiger partial charge in [0.05, 0.1) is 0 Å². The van der Waals surface area contributed by atoms with E-state index in [1.54, 1.807) is 24.3 Å². The van der Waals surface area contributed by atoms with Crippen molar-refractivity contribution >= 4 is 17.5 Å². The Labute approximate surface area is 118 Å². The normalized spacial score (nSPS) is 14.8. The summed E-state index contributed by atoms with van der Waals surface area (Å²) in [5.74, 6) is -0.0172. The second-order valence-corrected chi connectivity index (χ2v) is 5.89. The van der Waals surface area contributed by atoms with Gasteiger partial charge in [-0.2, -0.15) is 0 Å². The topological polar surface area (TPSA) is 84.2 Å². The molecule has 0 aromatic heterocycles. The summed E-state index contributed by atoms with van der Waals surface area (Å²) in [5.41, 5.74) is 6.31. The van der Waals surface area contributed by atoms with Crippen LogP contribution in [-0.2, 0) is 4.79 Å². The third-order valence-electron chi connectivity index (χ3n) is 3.30. The van der Waals surface area contributed by atoms with E-state index in [0.717, 1.165) is 12.8 Å². The molecule has 20 heavy (non-hydrogen) atoms. The molecule has 1 aliphatic carbocycles. The van der Waals surface area contributed by atoms with Gasteiger partial charge >= 0.3 is 0 Å². The summed E-state index contributed by atoms with van der Waals surface area (Å²) in [4.78, 5) is 23.8. The Morgan fingerprint density at radius 2 is 2.05 bits per heavy atom. The molecule has 2 amide bonds. The molecule has 0 spiro atoms. The maximum Gasteiger partial charge on any atom is 0.251 e. The van der Waals surface area contributed by atoms with Gasteiger partial charge in [0, 0.05) is 29.3 Å². The van der Waals surface area contributed by atoms with Crippen molar-refractivity contribution in [2.24, 2.45) is 11.7 Å². The van der Waals surface area contributed by atoms with Gasteiger partial charge in [0.15, 0.2) is 0 Å². The summed E-state index contributed by atoms with van der Waals surface area (Å²) < 4.78 is 0. The molecule has 5 heteroatoms. The molecule has 0 heterocycles. The minimum Gasteiger partial charge on any atom is -0.346 e. The van der Waals surface area contributed by atoms with Crippen LogP contribution >= 0.6 is 0 Å². The summed E-state index contributed by atoms with van der Waals surface area (Å²) in [6.45, 7) is 4.09. The zero-order chi connectivity index (χ0) is 14.8. The molecule has 1 aromatic rings. The molecular weight excluding hydrogens is 254 g/mol. The number of benzene rings is 1. The molecular formula is C15H21N3O2. The van der Waals surface area contributed by atoms with Crippen LogP contribution in [0.15, 0.2) is 24.3 Å². The molecule has 0 saturated heterocycles. The highest BCUT2D eigenvalue weighted by Crippen LogP contribution is 2.30. The Bertz CT molecular complexity index is 522. The van der Waals surface area contributed by atoms with E-state index in [2.05, 4.69) is 10.6 Å². The average Bonchev–Trinajstić information content (AvgIpc) is 3.23. The Hall–Kier alpha value is -1.88. The summed E-state index contributed by atoms with van der Waals surface area (Å²) >= 11 is 0. The lowest BCUT2D eigenvalue weighted by molar-refractivity contribution is -0.117. The van der Waals surface area contributed by atoms with Gasteiger partial charge in [-0.3, -0.25) is 9.59 Å². The van der Waals surface area contributed by atoms with Crippen LogP contribution in [0.1, 0.15) is 37.0 Å². The highest BCUT2D eigenvalue weighted by atomic mass is 16.2. The maximum atomic E-state index is 12.1. The third kappa shape index (κ3) is 3.81. The van der Waals surface area contributed by atoms with Crippen LogP contribution in [0.5, 0.6) is 0 Å². The first-order chi connectivity index (χ1) is 9.41. The number of nitrogens with one attached hydrogen (secondary N) is 2. The number of hydrogen-bond donors (Lipinski definition) is 3. The van der Waals surface area contributed by atoms with Crippen molar-refractivity contribution in [3.05, 3.63) is 29.8 Å². The number of amides is 2.